The van der Waals surface area contributed by atoms with Crippen molar-refractivity contribution in [3.8, 4) is 0 Å². The summed E-state index contributed by atoms with van der Waals surface area (Å²) < 4.78 is 11.6. The quantitative estimate of drug-likeness (QED) is 0.178. The molecule has 0 aliphatic heterocycles. The van der Waals surface area contributed by atoms with Gasteiger partial charge in [-0.1, -0.05) is 0 Å². The van der Waals surface area contributed by atoms with E-state index in [2.05, 4.69) is 4.67 Å². The van der Waals surface area contributed by atoms with Crippen LogP contribution >= 0.6 is 8.25 Å². The molecule has 0 rings (SSSR count). The van der Waals surface area contributed by atoms with Gasteiger partial charge in [0, 0.05) is 4.67 Å². The largest absolute Gasteiger partial charge is 1.00 e. The molecule has 4 nitrogen and oxygen atoms in total. The summed E-state index contributed by atoms with van der Waals surface area (Å²) in [5.74, 6) is 0. The molecular weight excluding hydrogens is 134 g/mol. The van der Waals surface area contributed by atoms with Gasteiger partial charge in [0.25, 0.3) is 0 Å². The van der Waals surface area contributed by atoms with Gasteiger partial charge >= 0.3 is 59.6 Å². The van der Waals surface area contributed by atoms with E-state index >= 15 is 0 Å². The van der Waals surface area contributed by atoms with Crippen LogP contribution in [0.5, 0.6) is 0 Å². The van der Waals surface area contributed by atoms with Gasteiger partial charge in [-0.25, -0.2) is 5.26 Å². The second-order valence-corrected chi connectivity index (χ2v) is 0.916. The van der Waals surface area contributed by atoms with Gasteiger partial charge in [-0.2, -0.15) is 0 Å². The first kappa shape index (κ1) is 10.6. The van der Waals surface area contributed by atoms with Gasteiger partial charge in [0.1, 0.15) is 0 Å². The van der Waals surface area contributed by atoms with Gasteiger partial charge < -0.3 is 7.75 Å². The van der Waals surface area contributed by atoms with Gasteiger partial charge in [-0.15, -0.1) is 0 Å². The Morgan fingerprint density at radius 1 is 2.00 bits per heavy atom. The fourth-order valence-corrected chi connectivity index (χ4v) is 0. The molecule has 0 aromatic carbocycles. The Labute approximate surface area is 80.8 Å². The smallest absolute Gasteiger partial charge is 1.00 e. The first-order valence-electron chi connectivity index (χ1n) is 0.730. The standard InChI is InChI=1S/K.HO4P.2H/c;1-4-5(2)3;;/h;1H;;/q+1;;2*-1. The Bertz CT molecular complexity index is 49.3. The predicted octanol–water partition coefficient (Wildman–Crippen LogP) is -3.28. The van der Waals surface area contributed by atoms with Gasteiger partial charge in [-0.05, 0) is 4.57 Å². The summed E-state index contributed by atoms with van der Waals surface area (Å²) in [6.45, 7) is 0. The van der Waals surface area contributed by atoms with Gasteiger partial charge in [0.15, 0.2) is 0 Å². The van der Waals surface area contributed by atoms with E-state index in [4.69, 9.17) is 14.7 Å². The second-order valence-electron chi connectivity index (χ2n) is 0.305. The fourth-order valence-electron chi connectivity index (χ4n) is 0. The maximum absolute atomic E-state index is 8.93. The molecule has 0 fully saturated rings. The first-order chi connectivity index (χ1) is 2.27. The maximum Gasteiger partial charge on any atom is 1.00 e. The molecule has 0 radical (unpaired) electrons. The van der Waals surface area contributed by atoms with Gasteiger partial charge in [0.05, 0.1) is 0 Å². The molecule has 0 saturated carbocycles. The normalized spacial score (nSPS) is 9.33. The minimum Gasteiger partial charge on any atom is -1.00 e. The van der Waals surface area contributed by atoms with Crippen LogP contribution < -0.4 is 56.3 Å². The van der Waals surface area contributed by atoms with Crippen LogP contribution in [-0.4, -0.2) is 5.26 Å². The molecule has 0 amide bonds. The second kappa shape index (κ2) is 6.62. The van der Waals surface area contributed by atoms with Crippen molar-refractivity contribution < 1.29 is 73.6 Å². The maximum atomic E-state index is 8.93. The summed E-state index contributed by atoms with van der Waals surface area (Å²) in [5, 5.41) is 7.05. The van der Waals surface area contributed by atoms with Crippen LogP contribution in [0.4, 0.5) is 0 Å². The fraction of sp³-hybridized carbons (Fsp3) is 0. The van der Waals surface area contributed by atoms with Crippen LogP contribution in [0.1, 0.15) is 2.85 Å². The molecule has 0 spiro atoms. The average molecular weight is 137 g/mol. The predicted molar refractivity (Wildman–Crippen MR) is 13.5 cm³/mol. The van der Waals surface area contributed by atoms with Crippen molar-refractivity contribution >= 4 is 8.25 Å². The molecule has 34 valence electrons. The van der Waals surface area contributed by atoms with E-state index in [-0.39, 0.29) is 54.2 Å². The molecule has 0 heterocycles. The molecule has 0 aromatic rings. The van der Waals surface area contributed by atoms with Crippen LogP contribution in [0.25, 0.3) is 0 Å². The van der Waals surface area contributed by atoms with Crippen molar-refractivity contribution in [1.82, 2.24) is 0 Å². The van der Waals surface area contributed by atoms with E-state index in [9.17, 15) is 0 Å². The molecule has 0 aromatic heterocycles. The van der Waals surface area contributed by atoms with Crippen molar-refractivity contribution in [2.75, 3.05) is 0 Å². The average Bonchev–Trinajstić information content (AvgIpc) is 1.38. The summed E-state index contributed by atoms with van der Waals surface area (Å²) in [6, 6.07) is 0. The minimum atomic E-state index is -3.04. The van der Waals surface area contributed by atoms with Crippen molar-refractivity contribution in [3.05, 3.63) is 0 Å². The molecule has 1 N–H and O–H groups in total. The zero-order valence-corrected chi connectivity index (χ0v) is 7.14. The Hall–Kier alpha value is 1.62. The SMILES string of the molecule is O=[P+]([O-])OO.[H-].[H-].[K+]. The zero-order chi connectivity index (χ0) is 4.28. The van der Waals surface area contributed by atoms with E-state index in [1.165, 1.54) is 0 Å². The molecule has 1 unspecified atom stereocenters. The van der Waals surface area contributed by atoms with Crippen molar-refractivity contribution in [2.24, 2.45) is 0 Å². The van der Waals surface area contributed by atoms with E-state index in [0.717, 1.165) is 0 Å². The van der Waals surface area contributed by atoms with E-state index < -0.39 is 8.25 Å². The summed E-state index contributed by atoms with van der Waals surface area (Å²) >= 11 is 0. The molecule has 0 aliphatic rings. The summed E-state index contributed by atoms with van der Waals surface area (Å²) in [5.41, 5.74) is 0. The Kier molecular flexibility index (Phi) is 11.7. The third-order valence-corrected chi connectivity index (χ3v) is 0.200. The van der Waals surface area contributed by atoms with Crippen LogP contribution in [0.2, 0.25) is 0 Å². The summed E-state index contributed by atoms with van der Waals surface area (Å²) in [6.07, 6.45) is 0. The van der Waals surface area contributed by atoms with E-state index in [1.54, 1.807) is 0 Å². The Balaban J connectivity index is -0.0000000267. The van der Waals surface area contributed by atoms with Gasteiger partial charge in [-0.3, -0.25) is 0 Å². The monoisotopic (exact) mass is 137 g/mol. The van der Waals surface area contributed by atoms with Crippen LogP contribution in [0, 0.1) is 0 Å². The zero-order valence-electron chi connectivity index (χ0n) is 5.12. The number of rotatable bonds is 1. The molecule has 0 aliphatic carbocycles. The number of hydrogen-bond donors (Lipinski definition) is 1. The van der Waals surface area contributed by atoms with E-state index in [1.807, 2.05) is 0 Å². The van der Waals surface area contributed by atoms with Gasteiger partial charge in [0.2, 0.25) is 0 Å². The third kappa shape index (κ3) is 9.15. The molecule has 0 bridgehead atoms. The summed E-state index contributed by atoms with van der Waals surface area (Å²) in [4.78, 5) is 8.93. The Morgan fingerprint density at radius 3 is 2.17 bits per heavy atom. The van der Waals surface area contributed by atoms with Crippen LogP contribution in [0.15, 0.2) is 0 Å². The molecule has 6 heavy (non-hydrogen) atoms. The molecular formula is H3KO4P-. The molecule has 0 saturated heterocycles. The van der Waals surface area contributed by atoms with Crippen molar-refractivity contribution in [2.45, 2.75) is 0 Å². The third-order valence-electron chi connectivity index (χ3n) is 0.0667. The minimum absolute atomic E-state index is 0. The topological polar surface area (TPSA) is 69.6 Å². The van der Waals surface area contributed by atoms with Crippen LogP contribution in [-0.2, 0) is 9.24 Å². The van der Waals surface area contributed by atoms with Crippen molar-refractivity contribution in [1.29, 1.82) is 0 Å². The number of hydrogen-bond acceptors (Lipinski definition) is 4. The molecule has 6 heteroatoms. The molecule has 1 atom stereocenters. The van der Waals surface area contributed by atoms with E-state index in [0.29, 0.717) is 0 Å². The van der Waals surface area contributed by atoms with Crippen LogP contribution in [0.3, 0.4) is 0 Å². The summed E-state index contributed by atoms with van der Waals surface area (Å²) in [7, 11) is -3.04. The first-order valence-corrected chi connectivity index (χ1v) is 1.83. The van der Waals surface area contributed by atoms with Crippen molar-refractivity contribution in [3.63, 3.8) is 0 Å². The Morgan fingerprint density at radius 2 is 2.17 bits per heavy atom.